The molecule has 0 aliphatic carbocycles. The monoisotopic (exact) mass is 201 g/mol. The third-order valence-corrected chi connectivity index (χ3v) is 2.77. The minimum atomic E-state index is -0.0420. The molecule has 0 bridgehead atoms. The summed E-state index contributed by atoms with van der Waals surface area (Å²) in [7, 11) is 1.77. The number of nitrogens with one attached hydrogen (secondary N) is 1. The summed E-state index contributed by atoms with van der Waals surface area (Å²) >= 11 is 0. The third kappa shape index (κ3) is 6.39. The van der Waals surface area contributed by atoms with E-state index in [0.717, 1.165) is 6.54 Å². The molecule has 2 nitrogen and oxygen atoms in total. The molecule has 0 heterocycles. The zero-order chi connectivity index (χ0) is 11.0. The van der Waals surface area contributed by atoms with Gasteiger partial charge in [-0.1, -0.05) is 26.7 Å². The first kappa shape index (κ1) is 13.9. The van der Waals surface area contributed by atoms with Gasteiger partial charge in [0.25, 0.3) is 0 Å². The van der Waals surface area contributed by atoms with Crippen LogP contribution in [0.3, 0.4) is 0 Å². The Bertz CT molecular complexity index is 134. The molecular formula is C12H27NO. The van der Waals surface area contributed by atoms with Gasteiger partial charge in [0.2, 0.25) is 0 Å². The van der Waals surface area contributed by atoms with Crippen molar-refractivity contribution in [1.29, 1.82) is 0 Å². The predicted molar refractivity (Wildman–Crippen MR) is 62.7 cm³/mol. The maximum absolute atomic E-state index is 5.37. The largest absolute Gasteiger partial charge is 0.377 e. The maximum Gasteiger partial charge on any atom is 0.0746 e. The van der Waals surface area contributed by atoms with Crippen molar-refractivity contribution in [3.05, 3.63) is 0 Å². The van der Waals surface area contributed by atoms with Crippen LogP contribution < -0.4 is 5.32 Å². The van der Waals surface area contributed by atoms with Crippen molar-refractivity contribution in [2.24, 2.45) is 0 Å². The van der Waals surface area contributed by atoms with Crippen LogP contribution in [0.4, 0.5) is 0 Å². The number of rotatable bonds is 8. The van der Waals surface area contributed by atoms with E-state index in [9.17, 15) is 0 Å². The van der Waals surface area contributed by atoms with Gasteiger partial charge in [-0.2, -0.15) is 0 Å². The lowest BCUT2D eigenvalue weighted by molar-refractivity contribution is 0.0207. The number of hydrogen-bond donors (Lipinski definition) is 1. The fourth-order valence-electron chi connectivity index (χ4n) is 1.36. The molecule has 0 aliphatic heterocycles. The van der Waals surface area contributed by atoms with Gasteiger partial charge in [0.15, 0.2) is 0 Å². The fourth-order valence-corrected chi connectivity index (χ4v) is 1.36. The minimum absolute atomic E-state index is 0.0420. The van der Waals surface area contributed by atoms with Gasteiger partial charge in [-0.25, -0.2) is 0 Å². The molecule has 1 unspecified atom stereocenters. The second-order valence-corrected chi connectivity index (χ2v) is 4.59. The zero-order valence-electron chi connectivity index (χ0n) is 10.5. The van der Waals surface area contributed by atoms with Gasteiger partial charge in [0.1, 0.15) is 0 Å². The van der Waals surface area contributed by atoms with Crippen molar-refractivity contribution in [3.8, 4) is 0 Å². The van der Waals surface area contributed by atoms with Gasteiger partial charge in [0.05, 0.1) is 5.60 Å². The Morgan fingerprint density at radius 2 is 1.93 bits per heavy atom. The molecule has 14 heavy (non-hydrogen) atoms. The van der Waals surface area contributed by atoms with Gasteiger partial charge in [-0.3, -0.25) is 0 Å². The van der Waals surface area contributed by atoms with Crippen LogP contribution in [0, 0.1) is 0 Å². The van der Waals surface area contributed by atoms with E-state index in [1.54, 1.807) is 7.11 Å². The van der Waals surface area contributed by atoms with Crippen LogP contribution in [0.1, 0.15) is 53.4 Å². The maximum atomic E-state index is 5.37. The first-order valence-electron chi connectivity index (χ1n) is 5.84. The molecule has 0 spiro atoms. The van der Waals surface area contributed by atoms with Gasteiger partial charge in [-0.15, -0.1) is 0 Å². The van der Waals surface area contributed by atoms with Crippen LogP contribution in [0.5, 0.6) is 0 Å². The van der Waals surface area contributed by atoms with Gasteiger partial charge >= 0.3 is 0 Å². The summed E-state index contributed by atoms with van der Waals surface area (Å²) in [5.74, 6) is 0. The Balaban J connectivity index is 3.71. The summed E-state index contributed by atoms with van der Waals surface area (Å²) in [5, 5.41) is 3.57. The number of unbranched alkanes of at least 4 members (excludes halogenated alkanes) is 1. The first-order valence-corrected chi connectivity index (χ1v) is 5.84. The van der Waals surface area contributed by atoms with Crippen molar-refractivity contribution in [3.63, 3.8) is 0 Å². The van der Waals surface area contributed by atoms with Crippen LogP contribution in [0.15, 0.2) is 0 Å². The highest BCUT2D eigenvalue weighted by molar-refractivity contribution is 4.75. The van der Waals surface area contributed by atoms with Crippen molar-refractivity contribution in [1.82, 2.24) is 5.32 Å². The molecule has 1 N–H and O–H groups in total. The zero-order valence-corrected chi connectivity index (χ0v) is 10.5. The average Bonchev–Trinajstić information content (AvgIpc) is 2.18. The molecule has 1 atom stereocenters. The molecule has 0 aliphatic rings. The van der Waals surface area contributed by atoms with E-state index >= 15 is 0 Å². The lowest BCUT2D eigenvalue weighted by atomic mass is 10.1. The van der Waals surface area contributed by atoms with E-state index in [1.807, 2.05) is 0 Å². The fraction of sp³-hybridized carbons (Fsp3) is 1.00. The molecule has 0 amide bonds. The molecule has 0 aromatic rings. The summed E-state index contributed by atoms with van der Waals surface area (Å²) < 4.78 is 5.37. The molecule has 2 heteroatoms. The van der Waals surface area contributed by atoms with E-state index in [2.05, 4.69) is 33.0 Å². The van der Waals surface area contributed by atoms with E-state index in [0.29, 0.717) is 6.04 Å². The topological polar surface area (TPSA) is 21.3 Å². The van der Waals surface area contributed by atoms with Crippen molar-refractivity contribution >= 4 is 0 Å². The highest BCUT2D eigenvalue weighted by Crippen LogP contribution is 2.09. The molecular weight excluding hydrogens is 174 g/mol. The van der Waals surface area contributed by atoms with Gasteiger partial charge < -0.3 is 10.1 Å². The van der Waals surface area contributed by atoms with Crippen LogP contribution in [0.25, 0.3) is 0 Å². The lowest BCUT2D eigenvalue weighted by Crippen LogP contribution is -2.41. The van der Waals surface area contributed by atoms with Crippen molar-refractivity contribution < 1.29 is 4.74 Å². The van der Waals surface area contributed by atoms with Crippen LogP contribution in [0.2, 0.25) is 0 Å². The summed E-state index contributed by atoms with van der Waals surface area (Å²) in [5.41, 5.74) is -0.0420. The summed E-state index contributed by atoms with van der Waals surface area (Å²) in [4.78, 5) is 0. The van der Waals surface area contributed by atoms with E-state index in [-0.39, 0.29) is 5.60 Å². The summed E-state index contributed by atoms with van der Waals surface area (Å²) in [6, 6.07) is 0.657. The van der Waals surface area contributed by atoms with E-state index < -0.39 is 0 Å². The Morgan fingerprint density at radius 3 is 2.36 bits per heavy atom. The normalized spacial score (nSPS) is 14.4. The molecule has 0 fully saturated rings. The number of hydrogen-bond acceptors (Lipinski definition) is 2. The highest BCUT2D eigenvalue weighted by atomic mass is 16.5. The second-order valence-electron chi connectivity index (χ2n) is 4.59. The predicted octanol–water partition coefficient (Wildman–Crippen LogP) is 2.97. The number of ether oxygens (including phenoxy) is 1. The standard InChI is InChI=1S/C12H27NO/c1-6-8-9-11(7-2)13-10-12(3,4)14-5/h11,13H,6-10H2,1-5H3. The van der Waals surface area contributed by atoms with Gasteiger partial charge in [0, 0.05) is 19.7 Å². The Hall–Kier alpha value is -0.0800. The molecule has 0 saturated heterocycles. The Labute approximate surface area is 89.4 Å². The van der Waals surface area contributed by atoms with Crippen LogP contribution >= 0.6 is 0 Å². The van der Waals surface area contributed by atoms with E-state index in [4.69, 9.17) is 4.74 Å². The summed E-state index contributed by atoms with van der Waals surface area (Å²) in [6.07, 6.45) is 5.09. The van der Waals surface area contributed by atoms with Crippen molar-refractivity contribution in [2.45, 2.75) is 65.0 Å². The SMILES string of the molecule is CCCCC(CC)NCC(C)(C)OC. The van der Waals surface area contributed by atoms with Crippen LogP contribution in [-0.2, 0) is 4.74 Å². The third-order valence-electron chi connectivity index (χ3n) is 2.77. The molecule has 0 radical (unpaired) electrons. The first-order chi connectivity index (χ1) is 6.55. The quantitative estimate of drug-likeness (QED) is 0.652. The molecule has 0 aromatic carbocycles. The molecule has 86 valence electrons. The molecule has 0 saturated carbocycles. The van der Waals surface area contributed by atoms with Crippen molar-refractivity contribution in [2.75, 3.05) is 13.7 Å². The highest BCUT2D eigenvalue weighted by Gasteiger charge is 2.17. The molecule has 0 aromatic heterocycles. The molecule has 0 rings (SSSR count). The van der Waals surface area contributed by atoms with Gasteiger partial charge in [-0.05, 0) is 26.7 Å². The summed E-state index contributed by atoms with van der Waals surface area (Å²) in [6.45, 7) is 9.66. The lowest BCUT2D eigenvalue weighted by Gasteiger charge is -2.26. The average molecular weight is 201 g/mol. The Kier molecular flexibility index (Phi) is 7.20. The Morgan fingerprint density at radius 1 is 1.29 bits per heavy atom. The number of methoxy groups -OCH3 is 1. The minimum Gasteiger partial charge on any atom is -0.377 e. The van der Waals surface area contributed by atoms with Crippen LogP contribution in [-0.4, -0.2) is 25.3 Å². The smallest absolute Gasteiger partial charge is 0.0746 e. The van der Waals surface area contributed by atoms with E-state index in [1.165, 1.54) is 25.7 Å². The second kappa shape index (κ2) is 7.24.